The molecule has 0 radical (unpaired) electrons. The van der Waals surface area contributed by atoms with Crippen molar-refractivity contribution in [3.05, 3.63) is 37.6 Å². The van der Waals surface area contributed by atoms with Gasteiger partial charge in [-0.25, -0.2) is 4.79 Å². The van der Waals surface area contributed by atoms with Crippen molar-refractivity contribution in [1.82, 2.24) is 0 Å². The van der Waals surface area contributed by atoms with Crippen LogP contribution in [0.5, 0.6) is 0 Å². The number of rotatable bonds is 16. The fraction of sp³-hybridized carbons (Fsp3) is 0.588. The van der Waals surface area contributed by atoms with Gasteiger partial charge in [-0.1, -0.05) is 32.6 Å². The van der Waals surface area contributed by atoms with Crippen LogP contribution in [-0.2, 0) is 23.7 Å². The molecule has 126 valence electrons. The Morgan fingerprint density at radius 1 is 0.727 bits per heavy atom. The van der Waals surface area contributed by atoms with Crippen LogP contribution in [0.15, 0.2) is 37.6 Å². The standard InChI is InChI=1S/C17H28O5/c1-4-16(3)21-14-12-19-10-8-6-7-9-11-20-13-15-22-17(18)5-2/h4-5H,1-3,6-15H2. The minimum Gasteiger partial charge on any atom is -0.492 e. The summed E-state index contributed by atoms with van der Waals surface area (Å²) in [7, 11) is 0. The van der Waals surface area contributed by atoms with Crippen LogP contribution < -0.4 is 0 Å². The highest BCUT2D eigenvalue weighted by molar-refractivity contribution is 5.81. The molecule has 0 aromatic carbocycles. The van der Waals surface area contributed by atoms with Gasteiger partial charge in [-0.05, 0) is 18.9 Å². The van der Waals surface area contributed by atoms with Gasteiger partial charge in [-0.3, -0.25) is 0 Å². The average Bonchev–Trinajstić information content (AvgIpc) is 2.54. The summed E-state index contributed by atoms with van der Waals surface area (Å²) in [4.78, 5) is 10.7. The summed E-state index contributed by atoms with van der Waals surface area (Å²) in [6, 6.07) is 0. The van der Waals surface area contributed by atoms with Crippen LogP contribution in [0.25, 0.3) is 0 Å². The summed E-state index contributed by atoms with van der Waals surface area (Å²) >= 11 is 0. The molecule has 0 fully saturated rings. The number of unbranched alkanes of at least 4 members (excludes halogenated alkanes) is 3. The van der Waals surface area contributed by atoms with E-state index in [0.717, 1.165) is 38.4 Å². The van der Waals surface area contributed by atoms with Gasteiger partial charge in [-0.15, -0.1) is 0 Å². The first-order valence-corrected chi connectivity index (χ1v) is 7.59. The van der Waals surface area contributed by atoms with Crippen molar-refractivity contribution in [3.8, 4) is 0 Å². The third-order valence-corrected chi connectivity index (χ3v) is 2.71. The van der Waals surface area contributed by atoms with E-state index in [1.165, 1.54) is 0 Å². The zero-order valence-corrected chi connectivity index (χ0v) is 13.4. The van der Waals surface area contributed by atoms with Crippen molar-refractivity contribution < 1.29 is 23.7 Å². The molecule has 0 atom stereocenters. The lowest BCUT2D eigenvalue weighted by Gasteiger charge is -2.07. The van der Waals surface area contributed by atoms with Gasteiger partial charge in [0.25, 0.3) is 0 Å². The number of esters is 1. The topological polar surface area (TPSA) is 54.0 Å². The van der Waals surface area contributed by atoms with Crippen LogP contribution in [0.2, 0.25) is 0 Å². The summed E-state index contributed by atoms with van der Waals surface area (Å²) in [5.74, 6) is 0.158. The van der Waals surface area contributed by atoms with E-state index in [0.29, 0.717) is 32.2 Å². The van der Waals surface area contributed by atoms with Gasteiger partial charge in [0.2, 0.25) is 0 Å². The molecule has 0 aromatic heterocycles. The lowest BCUT2D eigenvalue weighted by atomic mass is 10.2. The van der Waals surface area contributed by atoms with E-state index in [4.69, 9.17) is 18.9 Å². The first-order chi connectivity index (χ1) is 10.7. The van der Waals surface area contributed by atoms with Crippen molar-refractivity contribution in [2.24, 2.45) is 0 Å². The Hall–Kier alpha value is -1.59. The molecule has 0 aliphatic heterocycles. The SMILES string of the molecule is C=CC(=C)OCCOCCCCCCOCCOC(=O)C=C. The van der Waals surface area contributed by atoms with Crippen molar-refractivity contribution in [3.63, 3.8) is 0 Å². The van der Waals surface area contributed by atoms with Gasteiger partial charge in [-0.2, -0.15) is 0 Å². The Bertz CT molecular complexity index is 293. The molecule has 0 saturated carbocycles. The molecule has 0 amide bonds. The Balaban J connectivity index is 3.08. The summed E-state index contributed by atoms with van der Waals surface area (Å²) in [5.41, 5.74) is 0. The van der Waals surface area contributed by atoms with Crippen molar-refractivity contribution in [2.45, 2.75) is 25.7 Å². The molecule has 0 spiro atoms. The number of hydrogen-bond acceptors (Lipinski definition) is 5. The number of allylic oxidation sites excluding steroid dienone is 1. The minimum absolute atomic E-state index is 0.277. The summed E-state index contributed by atoms with van der Waals surface area (Å²) in [6.07, 6.45) is 6.95. The van der Waals surface area contributed by atoms with E-state index in [2.05, 4.69) is 19.7 Å². The molecule has 0 bridgehead atoms. The predicted molar refractivity (Wildman–Crippen MR) is 86.6 cm³/mol. The molecule has 0 heterocycles. The normalized spacial score (nSPS) is 10.0. The molecule has 0 aliphatic rings. The maximum Gasteiger partial charge on any atom is 0.330 e. The second kappa shape index (κ2) is 15.8. The summed E-state index contributed by atoms with van der Waals surface area (Å²) in [6.45, 7) is 13.7. The molecule has 0 N–H and O–H groups in total. The molecule has 22 heavy (non-hydrogen) atoms. The number of ether oxygens (including phenoxy) is 4. The van der Waals surface area contributed by atoms with Gasteiger partial charge in [0.1, 0.15) is 19.0 Å². The molecule has 0 aromatic rings. The van der Waals surface area contributed by atoms with Crippen molar-refractivity contribution in [1.29, 1.82) is 0 Å². The van der Waals surface area contributed by atoms with Gasteiger partial charge >= 0.3 is 5.97 Å². The van der Waals surface area contributed by atoms with Crippen molar-refractivity contribution in [2.75, 3.05) is 39.6 Å². The fourth-order valence-corrected chi connectivity index (χ4v) is 1.52. The predicted octanol–water partition coefficient (Wildman–Crippen LogP) is 3.03. The molecule has 5 nitrogen and oxygen atoms in total. The van der Waals surface area contributed by atoms with Gasteiger partial charge in [0, 0.05) is 19.3 Å². The van der Waals surface area contributed by atoms with Crippen LogP contribution in [0.3, 0.4) is 0 Å². The van der Waals surface area contributed by atoms with Crippen LogP contribution in [-0.4, -0.2) is 45.6 Å². The first-order valence-electron chi connectivity index (χ1n) is 7.59. The molecule has 0 unspecified atom stereocenters. The number of carbonyl (C=O) groups is 1. The van der Waals surface area contributed by atoms with Gasteiger partial charge in [0.05, 0.1) is 13.2 Å². The Labute approximate surface area is 133 Å². The largest absolute Gasteiger partial charge is 0.492 e. The highest BCUT2D eigenvalue weighted by atomic mass is 16.6. The number of carbonyl (C=O) groups excluding carboxylic acids is 1. The quantitative estimate of drug-likeness (QED) is 0.144. The lowest BCUT2D eigenvalue weighted by molar-refractivity contribution is -0.139. The van der Waals surface area contributed by atoms with Gasteiger partial charge < -0.3 is 18.9 Å². The molecule has 0 saturated heterocycles. The summed E-state index contributed by atoms with van der Waals surface area (Å²) < 4.78 is 20.8. The van der Waals surface area contributed by atoms with E-state index in [1.807, 2.05) is 0 Å². The zero-order valence-electron chi connectivity index (χ0n) is 13.4. The second-order valence-corrected chi connectivity index (χ2v) is 4.53. The zero-order chi connectivity index (χ0) is 16.5. The first kappa shape index (κ1) is 20.4. The van der Waals surface area contributed by atoms with Crippen molar-refractivity contribution >= 4 is 5.97 Å². The fourth-order valence-electron chi connectivity index (χ4n) is 1.52. The highest BCUT2D eigenvalue weighted by Gasteiger charge is 1.96. The Morgan fingerprint density at radius 3 is 1.77 bits per heavy atom. The van der Waals surface area contributed by atoms with Crippen LogP contribution >= 0.6 is 0 Å². The van der Waals surface area contributed by atoms with Gasteiger partial charge in [0.15, 0.2) is 0 Å². The minimum atomic E-state index is -0.414. The molecule has 5 heteroatoms. The number of hydrogen-bond donors (Lipinski definition) is 0. The maximum absolute atomic E-state index is 10.7. The Morgan fingerprint density at radius 2 is 1.27 bits per heavy atom. The maximum atomic E-state index is 10.7. The third-order valence-electron chi connectivity index (χ3n) is 2.71. The van der Waals surface area contributed by atoms with E-state index >= 15 is 0 Å². The highest BCUT2D eigenvalue weighted by Crippen LogP contribution is 2.01. The van der Waals surface area contributed by atoms with E-state index in [-0.39, 0.29) is 6.61 Å². The van der Waals surface area contributed by atoms with E-state index < -0.39 is 5.97 Å². The molecule has 0 rings (SSSR count). The van der Waals surface area contributed by atoms with Crippen LogP contribution in [0.1, 0.15) is 25.7 Å². The Kier molecular flexibility index (Phi) is 14.7. The van der Waals surface area contributed by atoms with E-state index in [1.54, 1.807) is 6.08 Å². The smallest absolute Gasteiger partial charge is 0.330 e. The second-order valence-electron chi connectivity index (χ2n) is 4.53. The molecular weight excluding hydrogens is 284 g/mol. The monoisotopic (exact) mass is 312 g/mol. The molecular formula is C17H28O5. The average molecular weight is 312 g/mol. The van der Waals surface area contributed by atoms with Crippen LogP contribution in [0, 0.1) is 0 Å². The van der Waals surface area contributed by atoms with E-state index in [9.17, 15) is 4.79 Å². The van der Waals surface area contributed by atoms with Crippen LogP contribution in [0.4, 0.5) is 0 Å². The third kappa shape index (κ3) is 14.8. The molecule has 0 aliphatic carbocycles. The summed E-state index contributed by atoms with van der Waals surface area (Å²) in [5, 5.41) is 0. The lowest BCUT2D eigenvalue weighted by Crippen LogP contribution is -2.08.